The minimum absolute atomic E-state index is 0.105. The van der Waals surface area contributed by atoms with Crippen LogP contribution in [0.1, 0.15) is 0 Å². The Kier molecular flexibility index (Phi) is 3.71. The zero-order valence-corrected chi connectivity index (χ0v) is 9.78. The van der Waals surface area contributed by atoms with Crippen LogP contribution in [0.3, 0.4) is 0 Å². The second-order valence-corrected chi connectivity index (χ2v) is 3.69. The van der Waals surface area contributed by atoms with Crippen LogP contribution in [0.4, 0.5) is 15.9 Å². The first-order valence-corrected chi connectivity index (χ1v) is 5.46. The van der Waals surface area contributed by atoms with Gasteiger partial charge in [-0.05, 0) is 17.1 Å². The molecule has 1 aromatic carbocycles. The number of rotatable bonds is 5. The van der Waals surface area contributed by atoms with E-state index in [1.165, 1.54) is 29.1 Å². The summed E-state index contributed by atoms with van der Waals surface area (Å²) >= 11 is 0. The van der Waals surface area contributed by atoms with E-state index < -0.39 is 10.7 Å². The fourth-order valence-corrected chi connectivity index (χ4v) is 1.54. The minimum Gasteiger partial charge on any atom is -0.395 e. The molecule has 0 saturated carbocycles. The Morgan fingerprint density at radius 1 is 1.47 bits per heavy atom. The van der Waals surface area contributed by atoms with Crippen molar-refractivity contribution in [2.75, 3.05) is 18.5 Å². The summed E-state index contributed by atoms with van der Waals surface area (Å²) in [5.74, 6) is -0.827. The minimum atomic E-state index is -0.621. The highest BCUT2D eigenvalue weighted by Crippen LogP contribution is 2.19. The number of halogens is 1. The lowest BCUT2D eigenvalue weighted by atomic mass is 10.2. The predicted molar refractivity (Wildman–Crippen MR) is 65.8 cm³/mol. The summed E-state index contributed by atoms with van der Waals surface area (Å²) in [5, 5.41) is 25.6. The number of aromatic nitrogens is 2. The van der Waals surface area contributed by atoms with Crippen molar-refractivity contribution in [3.05, 3.63) is 46.4 Å². The van der Waals surface area contributed by atoms with Gasteiger partial charge < -0.3 is 20.5 Å². The van der Waals surface area contributed by atoms with Crippen LogP contribution in [-0.2, 0) is 0 Å². The lowest BCUT2D eigenvalue weighted by molar-refractivity contribution is -0.389. The van der Waals surface area contributed by atoms with Crippen molar-refractivity contribution >= 4 is 11.5 Å². The van der Waals surface area contributed by atoms with Gasteiger partial charge in [-0.3, -0.25) is 0 Å². The number of aliphatic hydroxyl groups is 1. The van der Waals surface area contributed by atoms with Crippen molar-refractivity contribution in [2.45, 2.75) is 0 Å². The lowest BCUT2D eigenvalue weighted by Gasteiger charge is -2.06. The van der Waals surface area contributed by atoms with E-state index in [2.05, 4.69) is 10.4 Å². The Hall–Kier alpha value is -2.48. The third kappa shape index (κ3) is 2.86. The normalized spacial score (nSPS) is 10.4. The van der Waals surface area contributed by atoms with Crippen molar-refractivity contribution in [1.82, 2.24) is 9.78 Å². The highest BCUT2D eigenvalue weighted by molar-refractivity contribution is 5.50. The van der Waals surface area contributed by atoms with Crippen molar-refractivity contribution in [3.63, 3.8) is 0 Å². The molecule has 8 heteroatoms. The number of nitrogens with zero attached hydrogens (tertiary/aromatic N) is 3. The van der Waals surface area contributed by atoms with Crippen molar-refractivity contribution in [1.29, 1.82) is 0 Å². The van der Waals surface area contributed by atoms with Crippen LogP contribution in [0.15, 0.2) is 30.5 Å². The molecule has 0 atom stereocenters. The van der Waals surface area contributed by atoms with E-state index in [1.54, 1.807) is 6.07 Å². The number of aliphatic hydroxyl groups excluding tert-OH is 1. The van der Waals surface area contributed by atoms with Gasteiger partial charge in [0.25, 0.3) is 0 Å². The molecule has 1 aromatic heterocycles. The average Bonchev–Trinajstić information content (AvgIpc) is 2.87. The smallest absolute Gasteiger partial charge is 0.390 e. The molecule has 0 radical (unpaired) electrons. The van der Waals surface area contributed by atoms with E-state index in [1.807, 2.05) is 0 Å². The molecular weight excluding hydrogens is 255 g/mol. The van der Waals surface area contributed by atoms with Gasteiger partial charge in [0, 0.05) is 12.6 Å². The summed E-state index contributed by atoms with van der Waals surface area (Å²) in [6, 6.07) is 5.49. The highest BCUT2D eigenvalue weighted by atomic mass is 19.1. The van der Waals surface area contributed by atoms with E-state index in [-0.39, 0.29) is 24.7 Å². The largest absolute Gasteiger partial charge is 0.395 e. The number of benzene rings is 1. The SMILES string of the molecule is O=[N+]([O-])c1ccn(-c2ccc(NCCO)c(F)c2)n1. The van der Waals surface area contributed by atoms with Crippen LogP contribution in [-0.4, -0.2) is 33.0 Å². The van der Waals surface area contributed by atoms with Gasteiger partial charge in [0.15, 0.2) is 0 Å². The maximum Gasteiger partial charge on any atom is 0.390 e. The lowest BCUT2D eigenvalue weighted by Crippen LogP contribution is -2.07. The van der Waals surface area contributed by atoms with Gasteiger partial charge in [0.2, 0.25) is 0 Å². The average molecular weight is 266 g/mol. The number of hydrogen-bond acceptors (Lipinski definition) is 5. The molecule has 0 aliphatic carbocycles. The molecule has 2 aromatic rings. The highest BCUT2D eigenvalue weighted by Gasteiger charge is 2.13. The summed E-state index contributed by atoms with van der Waals surface area (Å²) in [4.78, 5) is 9.89. The predicted octanol–water partition coefficient (Wildman–Crippen LogP) is 1.32. The van der Waals surface area contributed by atoms with E-state index >= 15 is 0 Å². The second kappa shape index (κ2) is 5.44. The number of hydrogen-bond donors (Lipinski definition) is 2. The maximum atomic E-state index is 13.7. The molecule has 0 unspecified atom stereocenters. The van der Waals surface area contributed by atoms with Gasteiger partial charge in [-0.2, -0.15) is 0 Å². The molecule has 7 nitrogen and oxygen atoms in total. The Morgan fingerprint density at radius 2 is 2.26 bits per heavy atom. The molecule has 2 rings (SSSR count). The zero-order chi connectivity index (χ0) is 13.8. The maximum absolute atomic E-state index is 13.7. The summed E-state index contributed by atoms with van der Waals surface area (Å²) in [7, 11) is 0. The Balaban J connectivity index is 2.25. The van der Waals surface area contributed by atoms with Crippen LogP contribution in [0.2, 0.25) is 0 Å². The fourth-order valence-electron chi connectivity index (χ4n) is 1.54. The summed E-state index contributed by atoms with van der Waals surface area (Å²) in [6.07, 6.45) is 1.38. The quantitative estimate of drug-likeness (QED) is 0.629. The standard InChI is InChI=1S/C11H11FN4O3/c12-9-7-8(1-2-10(9)13-4-6-17)15-5-3-11(14-15)16(18)19/h1-3,5,7,13,17H,4,6H2. The number of nitrogens with one attached hydrogen (secondary N) is 1. The molecule has 0 saturated heterocycles. The van der Waals surface area contributed by atoms with E-state index in [0.717, 1.165) is 0 Å². The first kappa shape index (κ1) is 13.0. The molecule has 0 amide bonds. The van der Waals surface area contributed by atoms with Crippen molar-refractivity contribution in [3.8, 4) is 5.69 Å². The van der Waals surface area contributed by atoms with Gasteiger partial charge in [0.1, 0.15) is 5.82 Å². The van der Waals surface area contributed by atoms with Crippen LogP contribution in [0.5, 0.6) is 0 Å². The number of nitro groups is 1. The molecule has 0 aliphatic heterocycles. The van der Waals surface area contributed by atoms with Gasteiger partial charge >= 0.3 is 5.82 Å². The van der Waals surface area contributed by atoms with Crippen LogP contribution < -0.4 is 5.32 Å². The van der Waals surface area contributed by atoms with Crippen LogP contribution in [0.25, 0.3) is 5.69 Å². The topological polar surface area (TPSA) is 93.2 Å². The van der Waals surface area contributed by atoms with Gasteiger partial charge in [-0.25, -0.2) is 4.39 Å². The summed E-state index contributed by atoms with van der Waals surface area (Å²) in [6.45, 7) is 0.135. The summed E-state index contributed by atoms with van der Waals surface area (Å²) in [5.41, 5.74) is 0.625. The molecule has 2 N–H and O–H groups in total. The first-order chi connectivity index (χ1) is 9.11. The first-order valence-electron chi connectivity index (χ1n) is 5.46. The van der Waals surface area contributed by atoms with Crippen molar-refractivity contribution < 1.29 is 14.4 Å². The Morgan fingerprint density at radius 3 is 2.84 bits per heavy atom. The van der Waals surface area contributed by atoms with Crippen molar-refractivity contribution in [2.24, 2.45) is 0 Å². The molecule has 100 valence electrons. The monoisotopic (exact) mass is 266 g/mol. The van der Waals surface area contributed by atoms with E-state index in [4.69, 9.17) is 5.11 Å². The fraction of sp³-hybridized carbons (Fsp3) is 0.182. The van der Waals surface area contributed by atoms with E-state index in [9.17, 15) is 14.5 Å². The summed E-state index contributed by atoms with van der Waals surface area (Å²) < 4.78 is 14.9. The van der Waals surface area contributed by atoms with Gasteiger partial charge in [0.05, 0.1) is 35.3 Å². The zero-order valence-electron chi connectivity index (χ0n) is 9.78. The van der Waals surface area contributed by atoms with Crippen LogP contribution >= 0.6 is 0 Å². The van der Waals surface area contributed by atoms with Gasteiger partial charge in [-0.1, -0.05) is 0 Å². The third-order valence-corrected chi connectivity index (χ3v) is 2.41. The molecular formula is C11H11FN4O3. The molecule has 0 aliphatic rings. The Bertz CT molecular complexity index is 599. The molecule has 0 spiro atoms. The van der Waals surface area contributed by atoms with Crippen LogP contribution in [0, 0.1) is 15.9 Å². The van der Waals surface area contributed by atoms with E-state index in [0.29, 0.717) is 5.69 Å². The molecule has 19 heavy (non-hydrogen) atoms. The number of anilines is 1. The molecule has 0 fully saturated rings. The Labute approximate surface area is 107 Å². The molecule has 1 heterocycles. The second-order valence-electron chi connectivity index (χ2n) is 3.69. The molecule has 0 bridgehead atoms. The third-order valence-electron chi connectivity index (χ3n) is 2.41. The van der Waals surface area contributed by atoms with Gasteiger partial charge in [-0.15, -0.1) is 4.68 Å².